The van der Waals surface area contributed by atoms with Crippen molar-refractivity contribution in [3.63, 3.8) is 0 Å². The zero-order valence-electron chi connectivity index (χ0n) is 6.28. The maximum atomic E-state index is 9.79. The van der Waals surface area contributed by atoms with Gasteiger partial charge in [0, 0.05) is 6.66 Å². The lowest BCUT2D eigenvalue weighted by atomic mass is 10.8. The molecule has 0 saturated carbocycles. The van der Waals surface area contributed by atoms with Crippen molar-refractivity contribution in [3.05, 3.63) is 0 Å². The van der Waals surface area contributed by atoms with Gasteiger partial charge in [-0.2, -0.15) is 0 Å². The summed E-state index contributed by atoms with van der Waals surface area (Å²) in [5.41, 5.74) is 0. The van der Waals surface area contributed by atoms with Crippen molar-refractivity contribution in [2.45, 2.75) is 3.79 Å². The van der Waals surface area contributed by atoms with E-state index in [2.05, 4.69) is 10.5 Å². The van der Waals surface area contributed by atoms with E-state index in [1.165, 1.54) is 0 Å². The lowest BCUT2D eigenvalue weighted by molar-refractivity contribution is -0.135. The van der Waals surface area contributed by atoms with E-state index < -0.39 is 17.4 Å². The van der Waals surface area contributed by atoms with Crippen molar-refractivity contribution in [1.82, 2.24) is 0 Å². The summed E-state index contributed by atoms with van der Waals surface area (Å²) in [4.78, 5) is 17.7. The maximum absolute atomic E-state index is 9.79. The Kier molecular flexibility index (Phi) is 7.38. The number of aliphatic carboxylic acids is 1. The monoisotopic (exact) mass is 273 g/mol. The second-order valence-electron chi connectivity index (χ2n) is 1.71. The van der Waals surface area contributed by atoms with Crippen molar-refractivity contribution in [3.8, 4) is 0 Å². The van der Waals surface area contributed by atoms with Gasteiger partial charge in [-0.3, -0.25) is 4.57 Å². The van der Waals surface area contributed by atoms with Crippen LogP contribution in [-0.2, 0) is 14.0 Å². The molecule has 0 radical (unpaired) electrons. The van der Waals surface area contributed by atoms with Crippen molar-refractivity contribution in [1.29, 1.82) is 0 Å². The standard InChI is InChI=1S/C2HCl3O2.CH6NO3P/c3-2(4,5)1(6)7;1-6(3,4)5-2/h(H,6,7);2H2,1H3,(H,3,4). The molecule has 0 rings (SSSR count). The van der Waals surface area contributed by atoms with Crippen LogP contribution in [0.3, 0.4) is 0 Å². The molecule has 0 spiro atoms. The minimum Gasteiger partial charge on any atom is -0.478 e. The van der Waals surface area contributed by atoms with E-state index in [9.17, 15) is 9.36 Å². The third-order valence-electron chi connectivity index (χ3n) is 0.438. The van der Waals surface area contributed by atoms with Crippen molar-refractivity contribution in [2.24, 2.45) is 5.90 Å². The molecule has 0 aliphatic carbocycles. The second-order valence-corrected chi connectivity index (χ2v) is 5.81. The molecule has 0 aromatic heterocycles. The maximum Gasteiger partial charge on any atom is 0.356 e. The summed E-state index contributed by atoms with van der Waals surface area (Å²) >= 11 is 14.4. The zero-order chi connectivity index (χ0) is 11.3. The summed E-state index contributed by atoms with van der Waals surface area (Å²) < 4.78 is 11.2. The van der Waals surface area contributed by atoms with E-state index in [1.54, 1.807) is 0 Å². The van der Waals surface area contributed by atoms with Crippen LogP contribution in [0.15, 0.2) is 0 Å². The Balaban J connectivity index is 0. The predicted octanol–water partition coefficient (Wildman–Crippen LogP) is 1.13. The van der Waals surface area contributed by atoms with Crippen LogP contribution in [0, 0.1) is 0 Å². The zero-order valence-corrected chi connectivity index (χ0v) is 9.44. The molecule has 0 bridgehead atoms. The fraction of sp³-hybridized carbons (Fsp3) is 0.667. The largest absolute Gasteiger partial charge is 0.478 e. The molecule has 0 aromatic carbocycles. The summed E-state index contributed by atoms with van der Waals surface area (Å²) in [5.74, 6) is 2.83. The smallest absolute Gasteiger partial charge is 0.356 e. The first-order chi connectivity index (χ1) is 5.50. The van der Waals surface area contributed by atoms with Crippen LogP contribution in [0.2, 0.25) is 0 Å². The Bertz CT molecular complexity index is 210. The molecule has 80 valence electrons. The van der Waals surface area contributed by atoms with Gasteiger partial charge >= 0.3 is 13.6 Å². The normalized spacial score (nSPS) is 15.2. The van der Waals surface area contributed by atoms with Crippen LogP contribution in [0.4, 0.5) is 0 Å². The number of carbonyl (C=O) groups is 1. The summed E-state index contributed by atoms with van der Waals surface area (Å²) in [6.07, 6.45) is 0. The first kappa shape index (κ1) is 15.9. The average molecular weight is 274 g/mol. The lowest BCUT2D eigenvalue weighted by Gasteiger charge is -1.99. The van der Waals surface area contributed by atoms with Gasteiger partial charge in [0.25, 0.3) is 3.79 Å². The van der Waals surface area contributed by atoms with Crippen LogP contribution in [0.5, 0.6) is 0 Å². The molecule has 0 fully saturated rings. The van der Waals surface area contributed by atoms with E-state index in [4.69, 9.17) is 44.8 Å². The highest BCUT2D eigenvalue weighted by Crippen LogP contribution is 2.32. The van der Waals surface area contributed by atoms with Crippen LogP contribution >= 0.6 is 42.4 Å². The molecule has 0 amide bonds. The molecular weight excluding hydrogens is 267 g/mol. The highest BCUT2D eigenvalue weighted by atomic mass is 35.6. The third kappa shape index (κ3) is 15.2. The fourth-order valence-electron chi connectivity index (χ4n) is 0. The number of carboxylic acid groups (broad SMARTS) is 1. The van der Waals surface area contributed by atoms with E-state index in [0.29, 0.717) is 0 Å². The molecule has 0 aliphatic rings. The first-order valence-corrected chi connectivity index (χ1v) is 5.65. The predicted molar refractivity (Wildman–Crippen MR) is 48.9 cm³/mol. The minimum atomic E-state index is -3.37. The topological polar surface area (TPSA) is 110 Å². The fourth-order valence-corrected chi connectivity index (χ4v) is 0. The summed E-state index contributed by atoms with van der Waals surface area (Å²) in [5, 5.41) is 7.85. The number of rotatable bonds is 1. The van der Waals surface area contributed by atoms with E-state index >= 15 is 0 Å². The number of carboxylic acids is 1. The Morgan fingerprint density at radius 2 is 1.69 bits per heavy atom. The number of halogens is 3. The number of nitrogens with two attached hydrogens (primary N) is 1. The number of hydrogen-bond acceptors (Lipinski definition) is 4. The Morgan fingerprint density at radius 3 is 1.69 bits per heavy atom. The second kappa shape index (κ2) is 6.03. The third-order valence-corrected chi connectivity index (χ3v) is 1.31. The number of hydrogen-bond donors (Lipinski definition) is 3. The molecular formula is C3H7Cl3NO5P. The highest BCUT2D eigenvalue weighted by Gasteiger charge is 2.29. The number of alkyl halides is 3. The average Bonchev–Trinajstić information content (AvgIpc) is 1.85. The first-order valence-electron chi connectivity index (χ1n) is 2.49. The van der Waals surface area contributed by atoms with Gasteiger partial charge in [0.1, 0.15) is 0 Å². The van der Waals surface area contributed by atoms with Crippen LogP contribution in [0.25, 0.3) is 0 Å². The van der Waals surface area contributed by atoms with Crippen molar-refractivity contribution < 1.29 is 24.0 Å². The Labute approximate surface area is 89.0 Å². The van der Waals surface area contributed by atoms with Gasteiger partial charge in [0.2, 0.25) is 0 Å². The summed E-state index contributed by atoms with van der Waals surface area (Å²) in [6, 6.07) is 0. The van der Waals surface area contributed by atoms with Gasteiger partial charge in [-0.25, -0.2) is 15.3 Å². The van der Waals surface area contributed by atoms with E-state index in [-0.39, 0.29) is 0 Å². The molecule has 10 heteroatoms. The lowest BCUT2D eigenvalue weighted by Crippen LogP contribution is -2.16. The molecule has 0 saturated heterocycles. The van der Waals surface area contributed by atoms with Gasteiger partial charge < -0.3 is 10.00 Å². The van der Waals surface area contributed by atoms with E-state index in [1.807, 2.05) is 0 Å². The van der Waals surface area contributed by atoms with Crippen molar-refractivity contribution >= 4 is 48.4 Å². The molecule has 1 atom stereocenters. The molecule has 1 unspecified atom stereocenters. The molecule has 4 N–H and O–H groups in total. The quantitative estimate of drug-likeness (QED) is 0.375. The summed E-state index contributed by atoms with van der Waals surface area (Å²) in [7, 11) is -3.37. The molecule has 0 aromatic rings. The van der Waals surface area contributed by atoms with Gasteiger partial charge in [-0.15, -0.1) is 0 Å². The van der Waals surface area contributed by atoms with Gasteiger partial charge in [0.15, 0.2) is 0 Å². The Morgan fingerprint density at radius 1 is 1.54 bits per heavy atom. The molecule has 0 heterocycles. The SMILES string of the molecule is CP(=O)(O)ON.O=C(O)C(Cl)(Cl)Cl. The highest BCUT2D eigenvalue weighted by molar-refractivity contribution is 7.51. The van der Waals surface area contributed by atoms with Gasteiger partial charge in [-0.05, 0) is 0 Å². The van der Waals surface area contributed by atoms with Gasteiger partial charge in [-0.1, -0.05) is 34.8 Å². The summed E-state index contributed by atoms with van der Waals surface area (Å²) in [6.45, 7) is 1.01. The molecule has 13 heavy (non-hydrogen) atoms. The van der Waals surface area contributed by atoms with Crippen LogP contribution < -0.4 is 5.90 Å². The van der Waals surface area contributed by atoms with Crippen molar-refractivity contribution in [2.75, 3.05) is 6.66 Å². The van der Waals surface area contributed by atoms with Gasteiger partial charge in [0.05, 0.1) is 0 Å². The minimum absolute atomic E-state index is 1.01. The van der Waals surface area contributed by atoms with Crippen LogP contribution in [0.1, 0.15) is 0 Å². The molecule has 0 aliphatic heterocycles. The van der Waals surface area contributed by atoms with E-state index in [0.717, 1.165) is 6.66 Å². The Hall–Kier alpha value is 0.450. The molecule has 6 nitrogen and oxygen atoms in total. The van der Waals surface area contributed by atoms with Crippen LogP contribution in [-0.4, -0.2) is 26.4 Å².